The van der Waals surface area contributed by atoms with Crippen LogP contribution in [0.15, 0.2) is 42.9 Å². The Hall–Kier alpha value is -2.56. The number of aryl methyl sites for hydroxylation is 1. The second-order valence-corrected chi connectivity index (χ2v) is 4.23. The molecule has 1 N–H and O–H groups in total. The molecule has 5 nitrogen and oxygen atoms in total. The number of nitrogens with one attached hydrogen (secondary N) is 1. The molecule has 0 fully saturated rings. The van der Waals surface area contributed by atoms with E-state index in [0.29, 0.717) is 6.54 Å². The van der Waals surface area contributed by atoms with Gasteiger partial charge in [-0.15, -0.1) is 5.10 Å². The monoisotopic (exact) mass is 251 g/mol. The van der Waals surface area contributed by atoms with E-state index in [4.69, 9.17) is 0 Å². The molecule has 3 aromatic rings. The lowest BCUT2D eigenvalue weighted by Crippen LogP contribution is -2.05. The summed E-state index contributed by atoms with van der Waals surface area (Å²) in [4.78, 5) is 8.06. The Balaban J connectivity index is 1.91. The molecule has 0 aliphatic heterocycles. The Morgan fingerprint density at radius 1 is 1.05 bits per heavy atom. The minimum atomic E-state index is 0.601. The van der Waals surface area contributed by atoms with Gasteiger partial charge in [-0.05, 0) is 13.0 Å². The predicted molar refractivity (Wildman–Crippen MR) is 73.6 cm³/mol. The summed E-state index contributed by atoms with van der Waals surface area (Å²) in [6.07, 6.45) is 3.26. The van der Waals surface area contributed by atoms with Gasteiger partial charge in [0.2, 0.25) is 0 Å². The van der Waals surface area contributed by atoms with Crippen LogP contribution in [0.25, 0.3) is 10.8 Å². The van der Waals surface area contributed by atoms with Crippen LogP contribution in [0.4, 0.5) is 5.82 Å². The van der Waals surface area contributed by atoms with Crippen molar-refractivity contribution < 1.29 is 0 Å². The van der Waals surface area contributed by atoms with Crippen molar-refractivity contribution in [3.63, 3.8) is 0 Å². The molecule has 3 rings (SSSR count). The number of aromatic nitrogens is 4. The summed E-state index contributed by atoms with van der Waals surface area (Å²) < 4.78 is 0. The van der Waals surface area contributed by atoms with Gasteiger partial charge in [0.25, 0.3) is 0 Å². The Bertz CT molecular complexity index is 697. The smallest absolute Gasteiger partial charge is 0.156 e. The van der Waals surface area contributed by atoms with Gasteiger partial charge in [0, 0.05) is 17.0 Å². The van der Waals surface area contributed by atoms with E-state index in [9.17, 15) is 0 Å². The van der Waals surface area contributed by atoms with Gasteiger partial charge < -0.3 is 5.32 Å². The van der Waals surface area contributed by atoms with Crippen LogP contribution in [-0.4, -0.2) is 20.2 Å². The zero-order valence-corrected chi connectivity index (χ0v) is 10.5. The first-order valence-corrected chi connectivity index (χ1v) is 6.05. The third-order valence-corrected chi connectivity index (χ3v) is 2.95. The third-order valence-electron chi connectivity index (χ3n) is 2.95. The van der Waals surface area contributed by atoms with Crippen molar-refractivity contribution in [1.82, 2.24) is 20.2 Å². The number of nitrogens with zero attached hydrogens (tertiary/aromatic N) is 4. The SMILES string of the molecule is Cc1nnc(NCc2ccncn2)c2ccccc12. The van der Waals surface area contributed by atoms with Crippen LogP contribution in [0.1, 0.15) is 11.4 Å². The van der Waals surface area contributed by atoms with E-state index in [1.54, 1.807) is 6.20 Å². The molecular formula is C14H13N5. The van der Waals surface area contributed by atoms with E-state index in [1.807, 2.05) is 31.2 Å². The number of hydrogen-bond acceptors (Lipinski definition) is 5. The van der Waals surface area contributed by atoms with Crippen molar-refractivity contribution >= 4 is 16.6 Å². The van der Waals surface area contributed by atoms with Crippen molar-refractivity contribution in [2.24, 2.45) is 0 Å². The molecule has 0 saturated carbocycles. The molecule has 0 aliphatic carbocycles. The van der Waals surface area contributed by atoms with Crippen molar-refractivity contribution in [3.8, 4) is 0 Å². The summed E-state index contributed by atoms with van der Waals surface area (Å²) in [7, 11) is 0. The largest absolute Gasteiger partial charge is 0.362 e. The zero-order chi connectivity index (χ0) is 13.1. The van der Waals surface area contributed by atoms with Crippen LogP contribution in [0, 0.1) is 6.92 Å². The average Bonchev–Trinajstić information content (AvgIpc) is 2.48. The molecule has 1 aromatic carbocycles. The van der Waals surface area contributed by atoms with Crippen LogP contribution in [0.3, 0.4) is 0 Å². The van der Waals surface area contributed by atoms with Gasteiger partial charge in [-0.25, -0.2) is 9.97 Å². The highest BCUT2D eigenvalue weighted by molar-refractivity contribution is 5.92. The van der Waals surface area contributed by atoms with Gasteiger partial charge in [-0.3, -0.25) is 0 Å². The predicted octanol–water partition coefficient (Wildman–Crippen LogP) is 2.34. The number of rotatable bonds is 3. The summed E-state index contributed by atoms with van der Waals surface area (Å²) in [6.45, 7) is 2.56. The molecule has 0 aliphatic rings. The maximum Gasteiger partial charge on any atom is 0.156 e. The minimum absolute atomic E-state index is 0.601. The normalized spacial score (nSPS) is 10.6. The summed E-state index contributed by atoms with van der Waals surface area (Å²) in [5.41, 5.74) is 1.85. The van der Waals surface area contributed by atoms with E-state index >= 15 is 0 Å². The standard InChI is InChI=1S/C14H13N5/c1-10-12-4-2-3-5-13(12)14(19-18-10)16-8-11-6-7-15-9-17-11/h2-7,9H,8H2,1H3,(H,16,19). The topological polar surface area (TPSA) is 63.6 Å². The van der Waals surface area contributed by atoms with Crippen LogP contribution in [0.5, 0.6) is 0 Å². The first-order chi connectivity index (χ1) is 9.34. The highest BCUT2D eigenvalue weighted by Crippen LogP contribution is 2.22. The van der Waals surface area contributed by atoms with E-state index in [0.717, 1.165) is 28.0 Å². The highest BCUT2D eigenvalue weighted by Gasteiger charge is 2.05. The maximum atomic E-state index is 4.22. The maximum absolute atomic E-state index is 4.22. The first-order valence-electron chi connectivity index (χ1n) is 6.05. The average molecular weight is 251 g/mol. The summed E-state index contributed by atoms with van der Waals surface area (Å²) >= 11 is 0. The molecule has 2 aromatic heterocycles. The van der Waals surface area contributed by atoms with Crippen LogP contribution in [-0.2, 0) is 6.54 Å². The summed E-state index contributed by atoms with van der Waals surface area (Å²) in [6, 6.07) is 9.97. The number of anilines is 1. The Labute approximate surface area is 110 Å². The van der Waals surface area contributed by atoms with E-state index in [-0.39, 0.29) is 0 Å². The second-order valence-electron chi connectivity index (χ2n) is 4.23. The van der Waals surface area contributed by atoms with E-state index in [1.165, 1.54) is 6.33 Å². The van der Waals surface area contributed by atoms with Crippen LogP contribution >= 0.6 is 0 Å². The number of benzene rings is 1. The van der Waals surface area contributed by atoms with Gasteiger partial charge >= 0.3 is 0 Å². The lowest BCUT2D eigenvalue weighted by Gasteiger charge is -2.08. The molecule has 0 unspecified atom stereocenters. The molecule has 94 valence electrons. The quantitative estimate of drug-likeness (QED) is 0.774. The number of hydrogen-bond donors (Lipinski definition) is 1. The molecule has 5 heteroatoms. The Morgan fingerprint density at radius 2 is 1.89 bits per heavy atom. The minimum Gasteiger partial charge on any atom is -0.362 e. The van der Waals surface area contributed by atoms with E-state index in [2.05, 4.69) is 31.5 Å². The molecule has 0 atom stereocenters. The fourth-order valence-corrected chi connectivity index (χ4v) is 1.97. The fourth-order valence-electron chi connectivity index (χ4n) is 1.97. The van der Waals surface area contributed by atoms with Crippen molar-refractivity contribution in [3.05, 3.63) is 54.2 Å². The molecule has 2 heterocycles. The molecule has 19 heavy (non-hydrogen) atoms. The third kappa shape index (κ3) is 2.35. The highest BCUT2D eigenvalue weighted by atomic mass is 15.2. The lowest BCUT2D eigenvalue weighted by atomic mass is 10.1. The molecule has 0 radical (unpaired) electrons. The second kappa shape index (κ2) is 4.97. The van der Waals surface area contributed by atoms with Gasteiger partial charge in [0.1, 0.15) is 6.33 Å². The molecule has 0 amide bonds. The summed E-state index contributed by atoms with van der Waals surface area (Å²) in [5.74, 6) is 0.778. The van der Waals surface area contributed by atoms with Gasteiger partial charge in [-0.1, -0.05) is 24.3 Å². The summed E-state index contributed by atoms with van der Waals surface area (Å²) in [5, 5.41) is 13.8. The van der Waals surface area contributed by atoms with Crippen LogP contribution in [0.2, 0.25) is 0 Å². The van der Waals surface area contributed by atoms with Gasteiger partial charge in [-0.2, -0.15) is 5.10 Å². The van der Waals surface area contributed by atoms with Crippen molar-refractivity contribution in [1.29, 1.82) is 0 Å². The first kappa shape index (κ1) is 11.5. The molecular weight excluding hydrogens is 238 g/mol. The zero-order valence-electron chi connectivity index (χ0n) is 10.5. The van der Waals surface area contributed by atoms with Gasteiger partial charge in [0.15, 0.2) is 5.82 Å². The molecule has 0 bridgehead atoms. The van der Waals surface area contributed by atoms with Gasteiger partial charge in [0.05, 0.1) is 17.9 Å². The Kier molecular flexibility index (Phi) is 3.02. The number of fused-ring (bicyclic) bond motifs is 1. The van der Waals surface area contributed by atoms with Crippen molar-refractivity contribution in [2.75, 3.05) is 5.32 Å². The van der Waals surface area contributed by atoms with Crippen molar-refractivity contribution in [2.45, 2.75) is 13.5 Å². The van der Waals surface area contributed by atoms with E-state index < -0.39 is 0 Å². The van der Waals surface area contributed by atoms with Crippen LogP contribution < -0.4 is 5.32 Å². The molecule has 0 saturated heterocycles. The lowest BCUT2D eigenvalue weighted by molar-refractivity contribution is 0.957. The fraction of sp³-hybridized carbons (Fsp3) is 0.143. The molecule has 0 spiro atoms. The Morgan fingerprint density at radius 3 is 2.68 bits per heavy atom.